The number of carbonyl (C=O) groups excluding carboxylic acids is 1. The van der Waals surface area contributed by atoms with Crippen molar-refractivity contribution in [3.63, 3.8) is 0 Å². The molecule has 0 bridgehead atoms. The highest BCUT2D eigenvalue weighted by atomic mass is 32.2. The van der Waals surface area contributed by atoms with Gasteiger partial charge in [0.25, 0.3) is 5.69 Å². The van der Waals surface area contributed by atoms with E-state index in [-0.39, 0.29) is 28.1 Å². The van der Waals surface area contributed by atoms with Crippen molar-refractivity contribution in [1.82, 2.24) is 9.78 Å². The van der Waals surface area contributed by atoms with Crippen LogP contribution < -0.4 is 4.18 Å². The van der Waals surface area contributed by atoms with Crippen molar-refractivity contribution in [3.05, 3.63) is 55.8 Å². The van der Waals surface area contributed by atoms with Crippen LogP contribution in [0.3, 0.4) is 0 Å². The smallest absolute Gasteiger partial charge is 0.355 e. The maximum Gasteiger partial charge on any atom is 0.534 e. The SMILES string of the molecule is CC(C)=C(C)c1c([N+](=O)[O-])ccc(C(=O)c2c(C)nn(C)c2OS(=O)(=O)C(F)(F)F)c1C. The minimum Gasteiger partial charge on any atom is -0.355 e. The molecule has 2 rings (SSSR count). The highest BCUT2D eigenvalue weighted by molar-refractivity contribution is 7.88. The molecule has 2 aromatic rings. The lowest BCUT2D eigenvalue weighted by atomic mass is 9.90. The van der Waals surface area contributed by atoms with Gasteiger partial charge in [-0.3, -0.25) is 14.9 Å². The first-order chi connectivity index (χ1) is 14.5. The van der Waals surface area contributed by atoms with Crippen LogP contribution in [0.25, 0.3) is 5.57 Å². The molecule has 32 heavy (non-hydrogen) atoms. The second-order valence-electron chi connectivity index (χ2n) is 7.22. The third-order valence-corrected chi connectivity index (χ3v) is 5.82. The summed E-state index contributed by atoms with van der Waals surface area (Å²) in [5, 5.41) is 15.3. The summed E-state index contributed by atoms with van der Waals surface area (Å²) >= 11 is 0. The van der Waals surface area contributed by atoms with Gasteiger partial charge in [-0.25, -0.2) is 4.68 Å². The molecule has 0 N–H and O–H groups in total. The largest absolute Gasteiger partial charge is 0.534 e. The lowest BCUT2D eigenvalue weighted by Gasteiger charge is -2.14. The summed E-state index contributed by atoms with van der Waals surface area (Å²) in [4.78, 5) is 24.2. The Labute approximate surface area is 181 Å². The van der Waals surface area contributed by atoms with Crippen LogP contribution in [0.4, 0.5) is 18.9 Å². The van der Waals surface area contributed by atoms with E-state index in [1.807, 2.05) is 0 Å². The van der Waals surface area contributed by atoms with Crippen molar-refractivity contribution in [1.29, 1.82) is 0 Å². The highest BCUT2D eigenvalue weighted by Gasteiger charge is 2.49. The number of carbonyl (C=O) groups is 1. The Kier molecular flexibility index (Phi) is 6.55. The summed E-state index contributed by atoms with van der Waals surface area (Å²) in [6, 6.07) is 2.27. The van der Waals surface area contributed by atoms with Gasteiger partial charge in [0.05, 0.1) is 16.2 Å². The zero-order valence-corrected chi connectivity index (χ0v) is 18.8. The number of nitro benzene ring substituents is 1. The van der Waals surface area contributed by atoms with Crippen molar-refractivity contribution in [3.8, 4) is 5.88 Å². The van der Waals surface area contributed by atoms with Crippen LogP contribution in [-0.2, 0) is 17.2 Å². The Morgan fingerprint density at radius 2 is 1.72 bits per heavy atom. The summed E-state index contributed by atoms with van der Waals surface area (Å²) in [5.41, 5.74) is -4.94. The van der Waals surface area contributed by atoms with Crippen LogP contribution in [0.2, 0.25) is 0 Å². The third-order valence-electron chi connectivity index (χ3n) is 4.88. The number of aromatic nitrogens is 2. The Bertz CT molecular complexity index is 1260. The van der Waals surface area contributed by atoms with Gasteiger partial charge >= 0.3 is 15.6 Å². The molecule has 1 aromatic heterocycles. The first kappa shape index (κ1) is 25.0. The normalized spacial score (nSPS) is 11.9. The first-order valence-electron chi connectivity index (χ1n) is 9.02. The lowest BCUT2D eigenvalue weighted by Crippen LogP contribution is -2.29. The zero-order valence-electron chi connectivity index (χ0n) is 18.0. The van der Waals surface area contributed by atoms with E-state index in [1.54, 1.807) is 20.8 Å². The Morgan fingerprint density at radius 3 is 2.19 bits per heavy atom. The molecule has 1 aromatic carbocycles. The fourth-order valence-corrected chi connectivity index (χ4v) is 3.59. The summed E-state index contributed by atoms with van der Waals surface area (Å²) in [6.45, 7) is 7.85. The fourth-order valence-electron chi connectivity index (χ4n) is 3.10. The molecule has 0 aliphatic carbocycles. The van der Waals surface area contributed by atoms with Crippen molar-refractivity contribution in [2.75, 3.05) is 0 Å². The number of allylic oxidation sites excluding steroid dienone is 2. The predicted molar refractivity (Wildman–Crippen MR) is 109 cm³/mol. The van der Waals surface area contributed by atoms with E-state index in [4.69, 9.17) is 0 Å². The van der Waals surface area contributed by atoms with Gasteiger partial charge in [0, 0.05) is 18.7 Å². The van der Waals surface area contributed by atoms with Gasteiger partial charge in [-0.15, -0.1) is 0 Å². The van der Waals surface area contributed by atoms with Gasteiger partial charge in [0.1, 0.15) is 5.56 Å². The van der Waals surface area contributed by atoms with E-state index in [2.05, 4.69) is 9.28 Å². The number of aryl methyl sites for hydroxylation is 2. The zero-order chi connectivity index (χ0) is 24.8. The number of halogens is 3. The van der Waals surface area contributed by atoms with Crippen molar-refractivity contribution < 1.29 is 35.5 Å². The van der Waals surface area contributed by atoms with E-state index >= 15 is 0 Å². The van der Waals surface area contributed by atoms with Crippen molar-refractivity contribution in [2.45, 2.75) is 40.1 Å². The average molecular weight is 475 g/mol. The molecule has 0 radical (unpaired) electrons. The minimum absolute atomic E-state index is 0.0726. The summed E-state index contributed by atoms with van der Waals surface area (Å²) < 4.78 is 66.4. The van der Waals surface area contributed by atoms with Gasteiger partial charge in [-0.1, -0.05) is 5.57 Å². The summed E-state index contributed by atoms with van der Waals surface area (Å²) in [5.74, 6) is -1.80. The van der Waals surface area contributed by atoms with Crippen LogP contribution in [0.15, 0.2) is 17.7 Å². The maximum absolute atomic E-state index is 13.3. The minimum atomic E-state index is -6.07. The molecule has 13 heteroatoms. The number of nitrogens with zero attached hydrogens (tertiary/aromatic N) is 3. The van der Waals surface area contributed by atoms with Crippen LogP contribution in [0.1, 0.15) is 53.5 Å². The van der Waals surface area contributed by atoms with E-state index in [0.717, 1.165) is 24.8 Å². The standard InChI is InChI=1S/C19H20F3N3O6S/c1-9(2)10(3)15-11(4)13(7-8-14(15)25(27)28)17(26)16-12(5)23-24(6)18(16)31-32(29,30)19(20,21)22/h7-8H,1-6H3. The first-order valence-corrected chi connectivity index (χ1v) is 10.4. The van der Waals surface area contributed by atoms with Crippen LogP contribution in [0.5, 0.6) is 5.88 Å². The van der Waals surface area contributed by atoms with Gasteiger partial charge < -0.3 is 4.18 Å². The fraction of sp³-hybridized carbons (Fsp3) is 0.368. The molecule has 0 spiro atoms. The molecule has 0 saturated heterocycles. The van der Waals surface area contributed by atoms with Gasteiger partial charge in [-0.2, -0.15) is 26.7 Å². The van der Waals surface area contributed by atoms with Gasteiger partial charge in [0.15, 0.2) is 0 Å². The maximum atomic E-state index is 13.3. The lowest BCUT2D eigenvalue weighted by molar-refractivity contribution is -0.385. The van der Waals surface area contributed by atoms with E-state index in [9.17, 15) is 36.5 Å². The monoisotopic (exact) mass is 475 g/mol. The molecule has 0 aliphatic heterocycles. The summed E-state index contributed by atoms with van der Waals surface area (Å²) in [6.07, 6.45) is 0. The summed E-state index contributed by atoms with van der Waals surface area (Å²) in [7, 11) is -4.95. The molecule has 0 fully saturated rings. The average Bonchev–Trinajstić information content (AvgIpc) is 2.91. The number of alkyl halides is 3. The third kappa shape index (κ3) is 4.38. The molecule has 0 atom stereocenters. The highest BCUT2D eigenvalue weighted by Crippen LogP contribution is 2.36. The van der Waals surface area contributed by atoms with Crippen LogP contribution >= 0.6 is 0 Å². The number of hydrogen-bond acceptors (Lipinski definition) is 7. The quantitative estimate of drug-likeness (QED) is 0.202. The Balaban J connectivity index is 2.77. The molecule has 0 saturated carbocycles. The Hall–Kier alpha value is -3.22. The number of hydrogen-bond donors (Lipinski definition) is 0. The number of ketones is 1. The molecule has 174 valence electrons. The van der Waals surface area contributed by atoms with Crippen molar-refractivity contribution >= 4 is 27.2 Å². The number of nitro groups is 1. The molecule has 0 amide bonds. The molecule has 9 nitrogen and oxygen atoms in total. The van der Waals surface area contributed by atoms with E-state index in [0.29, 0.717) is 10.3 Å². The second-order valence-corrected chi connectivity index (χ2v) is 8.75. The van der Waals surface area contributed by atoms with Crippen LogP contribution in [0, 0.1) is 24.0 Å². The second kappa shape index (κ2) is 8.37. The molecule has 1 heterocycles. The van der Waals surface area contributed by atoms with E-state index < -0.39 is 37.8 Å². The topological polar surface area (TPSA) is 121 Å². The van der Waals surface area contributed by atoms with E-state index in [1.165, 1.54) is 13.8 Å². The molecule has 0 unspecified atom stereocenters. The van der Waals surface area contributed by atoms with Crippen molar-refractivity contribution in [2.24, 2.45) is 7.05 Å². The molecule has 0 aliphatic rings. The molecular weight excluding hydrogens is 455 g/mol. The predicted octanol–water partition coefficient (Wildman–Crippen LogP) is 4.22. The number of benzene rings is 1. The van der Waals surface area contributed by atoms with Gasteiger partial charge in [-0.05, 0) is 51.8 Å². The van der Waals surface area contributed by atoms with Gasteiger partial charge in [0.2, 0.25) is 11.7 Å². The molecular formula is C19H20F3N3O6S. The Morgan fingerprint density at radius 1 is 1.16 bits per heavy atom. The number of rotatable bonds is 6. The van der Waals surface area contributed by atoms with Crippen LogP contribution in [-0.4, -0.2) is 34.4 Å².